The number of rotatable bonds is 5. The fraction of sp³-hybridized carbons (Fsp3) is 0.632. The Balaban J connectivity index is 1.58. The molecule has 1 aromatic carbocycles. The molecule has 2 atom stereocenters. The summed E-state index contributed by atoms with van der Waals surface area (Å²) in [4.78, 5) is 7.07. The van der Waals surface area contributed by atoms with Crippen molar-refractivity contribution in [2.24, 2.45) is 10.4 Å². The predicted molar refractivity (Wildman–Crippen MR) is 96.5 cm³/mol. The Morgan fingerprint density at radius 2 is 2.36 bits per heavy atom. The quantitative estimate of drug-likeness (QED) is 0.656. The minimum absolute atomic E-state index is 0.123. The summed E-state index contributed by atoms with van der Waals surface area (Å²) in [6, 6.07) is 6.22. The van der Waals surface area contributed by atoms with E-state index >= 15 is 0 Å². The van der Waals surface area contributed by atoms with Crippen molar-refractivity contribution < 1.29 is 13.9 Å². The molecule has 2 heterocycles. The normalized spacial score (nSPS) is 24.8. The molecular weight excluding hydrogens is 321 g/mol. The van der Waals surface area contributed by atoms with Crippen LogP contribution in [-0.4, -0.2) is 56.4 Å². The van der Waals surface area contributed by atoms with Crippen LogP contribution in [-0.2, 0) is 4.74 Å². The van der Waals surface area contributed by atoms with Crippen LogP contribution in [0, 0.1) is 11.2 Å². The van der Waals surface area contributed by atoms with Crippen molar-refractivity contribution in [2.75, 3.05) is 39.4 Å². The first-order valence-electron chi connectivity index (χ1n) is 9.13. The van der Waals surface area contributed by atoms with Gasteiger partial charge in [0.25, 0.3) is 0 Å². The van der Waals surface area contributed by atoms with Gasteiger partial charge in [0.05, 0.1) is 13.2 Å². The number of nitrogens with zero attached hydrogens (tertiary/aromatic N) is 2. The third-order valence-electron chi connectivity index (χ3n) is 4.89. The summed E-state index contributed by atoms with van der Waals surface area (Å²) in [6.07, 6.45) is 2.18. The summed E-state index contributed by atoms with van der Waals surface area (Å²) in [6.45, 7) is 9.13. The molecule has 25 heavy (non-hydrogen) atoms. The Bertz CT molecular complexity index is 602. The number of guanidine groups is 1. The summed E-state index contributed by atoms with van der Waals surface area (Å²) in [5, 5.41) is 3.38. The molecular formula is C19H28FN3O2. The molecule has 2 saturated heterocycles. The van der Waals surface area contributed by atoms with Crippen molar-refractivity contribution in [3.63, 3.8) is 0 Å². The minimum atomic E-state index is -0.289. The average molecular weight is 349 g/mol. The highest BCUT2D eigenvalue weighted by molar-refractivity contribution is 5.80. The lowest BCUT2D eigenvalue weighted by atomic mass is 9.87. The van der Waals surface area contributed by atoms with Gasteiger partial charge in [-0.15, -0.1) is 0 Å². The number of likely N-dealkylation sites (tertiary alicyclic amines) is 1. The van der Waals surface area contributed by atoms with Crippen LogP contribution in [0.2, 0.25) is 0 Å². The van der Waals surface area contributed by atoms with Gasteiger partial charge >= 0.3 is 0 Å². The van der Waals surface area contributed by atoms with Crippen LogP contribution in [0.15, 0.2) is 29.3 Å². The molecule has 2 fully saturated rings. The molecule has 2 unspecified atom stereocenters. The van der Waals surface area contributed by atoms with E-state index in [0.29, 0.717) is 17.7 Å². The van der Waals surface area contributed by atoms with Gasteiger partial charge in [-0.05, 0) is 38.8 Å². The number of benzene rings is 1. The van der Waals surface area contributed by atoms with Crippen LogP contribution in [0.5, 0.6) is 5.75 Å². The third-order valence-corrected chi connectivity index (χ3v) is 4.89. The Morgan fingerprint density at radius 1 is 1.48 bits per heavy atom. The lowest BCUT2D eigenvalue weighted by molar-refractivity contribution is 0.156. The number of halogens is 1. The zero-order valence-electron chi connectivity index (χ0n) is 15.1. The molecule has 138 valence electrons. The molecule has 0 bridgehead atoms. The van der Waals surface area contributed by atoms with Crippen molar-refractivity contribution in [3.8, 4) is 5.75 Å². The Labute approximate surface area is 149 Å². The Hall–Kier alpha value is -1.82. The van der Waals surface area contributed by atoms with Crippen LogP contribution in [0.1, 0.15) is 26.7 Å². The standard InChI is InChI=1S/C19H28FN3O2/c1-3-21-18(23-9-7-19(13-23)8-10-24-14-19)22-12-15(2)25-17-6-4-5-16(20)11-17/h4-6,11,15H,3,7-10,12-14H2,1-2H3,(H,21,22). The smallest absolute Gasteiger partial charge is 0.194 e. The maximum atomic E-state index is 13.2. The van der Waals surface area contributed by atoms with Crippen LogP contribution >= 0.6 is 0 Å². The monoisotopic (exact) mass is 349 g/mol. The largest absolute Gasteiger partial charge is 0.489 e. The summed E-state index contributed by atoms with van der Waals surface area (Å²) < 4.78 is 24.6. The molecule has 2 aliphatic heterocycles. The van der Waals surface area contributed by atoms with Gasteiger partial charge in [0.2, 0.25) is 0 Å². The summed E-state index contributed by atoms with van der Waals surface area (Å²) >= 11 is 0. The topological polar surface area (TPSA) is 46.1 Å². The van der Waals surface area contributed by atoms with Gasteiger partial charge in [0.15, 0.2) is 5.96 Å². The number of hydrogen-bond acceptors (Lipinski definition) is 3. The summed E-state index contributed by atoms with van der Waals surface area (Å²) in [7, 11) is 0. The Kier molecular flexibility index (Phi) is 5.78. The molecule has 0 aliphatic carbocycles. The lowest BCUT2D eigenvalue weighted by Crippen LogP contribution is -2.42. The molecule has 1 aromatic rings. The highest BCUT2D eigenvalue weighted by atomic mass is 19.1. The van der Waals surface area contributed by atoms with E-state index in [1.54, 1.807) is 12.1 Å². The maximum absolute atomic E-state index is 13.2. The Morgan fingerprint density at radius 3 is 3.08 bits per heavy atom. The van der Waals surface area contributed by atoms with Gasteiger partial charge in [0, 0.05) is 37.7 Å². The highest BCUT2D eigenvalue weighted by Crippen LogP contribution is 2.38. The van der Waals surface area contributed by atoms with E-state index in [2.05, 4.69) is 17.1 Å². The van der Waals surface area contributed by atoms with E-state index in [1.807, 2.05) is 6.92 Å². The molecule has 0 saturated carbocycles. The molecule has 1 spiro atoms. The first-order valence-corrected chi connectivity index (χ1v) is 9.13. The van der Waals surface area contributed by atoms with Gasteiger partial charge in [-0.1, -0.05) is 6.07 Å². The van der Waals surface area contributed by atoms with Crippen molar-refractivity contribution in [1.29, 1.82) is 0 Å². The highest BCUT2D eigenvalue weighted by Gasteiger charge is 2.42. The molecule has 6 heteroatoms. The first kappa shape index (κ1) is 18.0. The van der Waals surface area contributed by atoms with E-state index < -0.39 is 0 Å². The molecule has 5 nitrogen and oxygen atoms in total. The van der Waals surface area contributed by atoms with Crippen molar-refractivity contribution in [1.82, 2.24) is 10.2 Å². The lowest BCUT2D eigenvalue weighted by Gasteiger charge is -2.25. The average Bonchev–Trinajstić information content (AvgIpc) is 3.22. The van der Waals surface area contributed by atoms with E-state index in [9.17, 15) is 4.39 Å². The van der Waals surface area contributed by atoms with Gasteiger partial charge < -0.3 is 19.7 Å². The summed E-state index contributed by atoms with van der Waals surface area (Å²) in [5.41, 5.74) is 0.305. The number of nitrogens with one attached hydrogen (secondary N) is 1. The fourth-order valence-corrected chi connectivity index (χ4v) is 3.54. The number of hydrogen-bond donors (Lipinski definition) is 1. The van der Waals surface area contributed by atoms with E-state index in [1.165, 1.54) is 12.1 Å². The molecule has 1 N–H and O–H groups in total. The van der Waals surface area contributed by atoms with Gasteiger partial charge in [-0.2, -0.15) is 0 Å². The second kappa shape index (κ2) is 8.04. The maximum Gasteiger partial charge on any atom is 0.194 e. The molecule has 0 aromatic heterocycles. The summed E-state index contributed by atoms with van der Waals surface area (Å²) in [5.74, 6) is 1.18. The van der Waals surface area contributed by atoms with Gasteiger partial charge in [-0.25, -0.2) is 9.38 Å². The van der Waals surface area contributed by atoms with Crippen molar-refractivity contribution >= 4 is 5.96 Å². The van der Waals surface area contributed by atoms with Crippen LogP contribution < -0.4 is 10.1 Å². The third kappa shape index (κ3) is 4.63. The second-order valence-corrected chi connectivity index (χ2v) is 7.05. The van der Waals surface area contributed by atoms with Crippen molar-refractivity contribution in [2.45, 2.75) is 32.8 Å². The van der Waals surface area contributed by atoms with Gasteiger partial charge in [-0.3, -0.25) is 0 Å². The van der Waals surface area contributed by atoms with E-state index in [0.717, 1.165) is 51.6 Å². The number of ether oxygens (including phenoxy) is 2. The minimum Gasteiger partial charge on any atom is -0.489 e. The van der Waals surface area contributed by atoms with Crippen molar-refractivity contribution in [3.05, 3.63) is 30.1 Å². The van der Waals surface area contributed by atoms with E-state index in [4.69, 9.17) is 14.5 Å². The molecule has 0 amide bonds. The van der Waals surface area contributed by atoms with Gasteiger partial charge in [0.1, 0.15) is 17.7 Å². The number of aliphatic imine (C=N–C) groups is 1. The van der Waals surface area contributed by atoms with Crippen LogP contribution in [0.4, 0.5) is 4.39 Å². The first-order chi connectivity index (χ1) is 12.1. The molecule has 2 aliphatic rings. The van der Waals surface area contributed by atoms with Crippen LogP contribution in [0.25, 0.3) is 0 Å². The van der Waals surface area contributed by atoms with E-state index in [-0.39, 0.29) is 11.9 Å². The fourth-order valence-electron chi connectivity index (χ4n) is 3.54. The second-order valence-electron chi connectivity index (χ2n) is 7.05. The predicted octanol–water partition coefficient (Wildman–Crippen LogP) is 2.67. The molecule has 0 radical (unpaired) electrons. The SMILES string of the molecule is CCNC(=NCC(C)Oc1cccc(F)c1)N1CCC2(CCOC2)C1. The van der Waals surface area contributed by atoms with Crippen LogP contribution in [0.3, 0.4) is 0 Å². The zero-order chi connectivity index (χ0) is 17.7. The molecule has 3 rings (SSSR count). The zero-order valence-corrected chi connectivity index (χ0v) is 15.1.